The molecule has 0 saturated carbocycles. The second-order valence-electron chi connectivity index (χ2n) is 5.26. The van der Waals surface area contributed by atoms with Crippen LogP contribution in [0, 0.1) is 5.92 Å². The maximum Gasteiger partial charge on any atom is 0.155 e. The molecule has 0 heterocycles. The highest BCUT2D eigenvalue weighted by molar-refractivity contribution is 5.81. The molecule has 0 radical (unpaired) electrons. The van der Waals surface area contributed by atoms with Crippen LogP contribution in [0.3, 0.4) is 0 Å². The highest BCUT2D eigenvalue weighted by Gasteiger charge is 2.20. The maximum absolute atomic E-state index is 11.8. The maximum atomic E-state index is 11.8. The number of Topliss-reactive ketones (excluding diaryl/α,β-unsaturated/α-hetero) is 2. The van der Waals surface area contributed by atoms with Crippen LogP contribution in [-0.2, 0) is 23.8 Å². The number of carbonyl (C=O) groups excluding carboxylic acids is 2. The molecule has 2 unspecified atom stereocenters. The molecule has 2 atom stereocenters. The minimum Gasteiger partial charge on any atom is -0.382 e. The molecular weight excluding hydrogens is 260 g/mol. The molecule has 0 aliphatic rings. The van der Waals surface area contributed by atoms with Gasteiger partial charge in [-0.15, -0.1) is 0 Å². The summed E-state index contributed by atoms with van der Waals surface area (Å²) in [6, 6.07) is 0. The SMILES string of the molecule is COCCOC(C)OC(CCC(C)=O)CC(=O)C(C)C. The summed E-state index contributed by atoms with van der Waals surface area (Å²) in [5, 5.41) is 0. The highest BCUT2D eigenvalue weighted by Crippen LogP contribution is 2.14. The van der Waals surface area contributed by atoms with Crippen molar-refractivity contribution in [3.63, 3.8) is 0 Å². The number of ether oxygens (including phenoxy) is 3. The van der Waals surface area contributed by atoms with Crippen LogP contribution >= 0.6 is 0 Å². The molecule has 0 aromatic carbocycles. The van der Waals surface area contributed by atoms with Gasteiger partial charge in [-0.3, -0.25) is 4.79 Å². The van der Waals surface area contributed by atoms with E-state index in [1.807, 2.05) is 13.8 Å². The molecule has 0 aromatic heterocycles. The van der Waals surface area contributed by atoms with E-state index < -0.39 is 6.29 Å². The molecule has 20 heavy (non-hydrogen) atoms. The lowest BCUT2D eigenvalue weighted by Crippen LogP contribution is -2.27. The van der Waals surface area contributed by atoms with Crippen LogP contribution in [0.15, 0.2) is 0 Å². The average Bonchev–Trinajstić information content (AvgIpc) is 2.35. The topological polar surface area (TPSA) is 61.8 Å². The highest BCUT2D eigenvalue weighted by atomic mass is 16.7. The molecule has 0 aliphatic heterocycles. The lowest BCUT2D eigenvalue weighted by molar-refractivity contribution is -0.171. The third-order valence-corrected chi connectivity index (χ3v) is 2.92. The number of rotatable bonds is 12. The van der Waals surface area contributed by atoms with Crippen molar-refractivity contribution in [3.05, 3.63) is 0 Å². The first-order chi connectivity index (χ1) is 9.36. The van der Waals surface area contributed by atoms with E-state index in [0.29, 0.717) is 32.5 Å². The van der Waals surface area contributed by atoms with Gasteiger partial charge in [0.05, 0.1) is 19.3 Å². The van der Waals surface area contributed by atoms with Gasteiger partial charge in [-0.2, -0.15) is 0 Å². The van der Waals surface area contributed by atoms with E-state index in [1.165, 1.54) is 0 Å². The Balaban J connectivity index is 4.28. The van der Waals surface area contributed by atoms with Crippen LogP contribution < -0.4 is 0 Å². The number of ketones is 2. The monoisotopic (exact) mass is 288 g/mol. The van der Waals surface area contributed by atoms with Crippen LogP contribution in [0.5, 0.6) is 0 Å². The van der Waals surface area contributed by atoms with E-state index in [0.717, 1.165) is 0 Å². The van der Waals surface area contributed by atoms with Crippen molar-refractivity contribution in [2.75, 3.05) is 20.3 Å². The summed E-state index contributed by atoms with van der Waals surface area (Å²) in [6.07, 6.45) is 0.601. The zero-order valence-electron chi connectivity index (χ0n) is 13.3. The normalized spacial score (nSPS) is 14.3. The van der Waals surface area contributed by atoms with Crippen LogP contribution in [-0.4, -0.2) is 44.3 Å². The Morgan fingerprint density at radius 1 is 1.10 bits per heavy atom. The second kappa shape index (κ2) is 10.9. The average molecular weight is 288 g/mol. The second-order valence-corrected chi connectivity index (χ2v) is 5.26. The minimum atomic E-state index is -0.415. The Kier molecular flexibility index (Phi) is 10.5. The summed E-state index contributed by atoms with van der Waals surface area (Å²) in [4.78, 5) is 22.9. The molecule has 0 N–H and O–H groups in total. The first kappa shape index (κ1) is 19.2. The lowest BCUT2D eigenvalue weighted by Gasteiger charge is -2.22. The van der Waals surface area contributed by atoms with E-state index in [-0.39, 0.29) is 23.6 Å². The number of methoxy groups -OCH3 is 1. The zero-order valence-corrected chi connectivity index (χ0v) is 13.3. The van der Waals surface area contributed by atoms with E-state index in [9.17, 15) is 9.59 Å². The number of hydrogen-bond acceptors (Lipinski definition) is 5. The van der Waals surface area contributed by atoms with Gasteiger partial charge in [0.2, 0.25) is 0 Å². The molecule has 5 nitrogen and oxygen atoms in total. The molecule has 0 aromatic rings. The third kappa shape index (κ3) is 10.1. The Morgan fingerprint density at radius 2 is 1.75 bits per heavy atom. The van der Waals surface area contributed by atoms with Crippen molar-refractivity contribution in [2.24, 2.45) is 5.92 Å². The van der Waals surface area contributed by atoms with E-state index in [4.69, 9.17) is 14.2 Å². The molecule has 0 bridgehead atoms. The fourth-order valence-corrected chi connectivity index (χ4v) is 1.65. The molecule has 0 amide bonds. The summed E-state index contributed by atoms with van der Waals surface area (Å²) >= 11 is 0. The van der Waals surface area contributed by atoms with Gasteiger partial charge < -0.3 is 19.0 Å². The fraction of sp³-hybridized carbons (Fsp3) is 0.867. The fourth-order valence-electron chi connectivity index (χ4n) is 1.65. The van der Waals surface area contributed by atoms with Crippen molar-refractivity contribution in [1.29, 1.82) is 0 Å². The predicted octanol–water partition coefficient (Wildman–Crippen LogP) is 2.37. The summed E-state index contributed by atoms with van der Waals surface area (Å²) in [6.45, 7) is 7.99. The molecule has 0 saturated heterocycles. The summed E-state index contributed by atoms with van der Waals surface area (Å²) in [5.41, 5.74) is 0. The van der Waals surface area contributed by atoms with Crippen molar-refractivity contribution in [2.45, 2.75) is 59.4 Å². The van der Waals surface area contributed by atoms with Gasteiger partial charge in [0.25, 0.3) is 0 Å². The summed E-state index contributed by atoms with van der Waals surface area (Å²) in [5.74, 6) is 0.217. The van der Waals surface area contributed by atoms with E-state index >= 15 is 0 Å². The van der Waals surface area contributed by atoms with Crippen molar-refractivity contribution in [3.8, 4) is 0 Å². The van der Waals surface area contributed by atoms with Gasteiger partial charge in [0.15, 0.2) is 6.29 Å². The van der Waals surface area contributed by atoms with Crippen LogP contribution in [0.2, 0.25) is 0 Å². The molecular formula is C15H28O5. The van der Waals surface area contributed by atoms with Gasteiger partial charge >= 0.3 is 0 Å². The summed E-state index contributed by atoms with van der Waals surface area (Å²) < 4.78 is 16.0. The first-order valence-corrected chi connectivity index (χ1v) is 7.15. The van der Waals surface area contributed by atoms with Gasteiger partial charge in [-0.05, 0) is 20.3 Å². The van der Waals surface area contributed by atoms with Crippen molar-refractivity contribution in [1.82, 2.24) is 0 Å². The third-order valence-electron chi connectivity index (χ3n) is 2.92. The smallest absolute Gasteiger partial charge is 0.155 e. The van der Waals surface area contributed by atoms with Crippen molar-refractivity contribution >= 4 is 11.6 Å². The minimum absolute atomic E-state index is 0.0249. The first-order valence-electron chi connectivity index (χ1n) is 7.15. The van der Waals surface area contributed by atoms with Gasteiger partial charge in [-0.25, -0.2) is 0 Å². The Labute approximate surface area is 122 Å². The molecule has 0 spiro atoms. The molecule has 0 aliphatic carbocycles. The Hall–Kier alpha value is -0.780. The Morgan fingerprint density at radius 3 is 2.25 bits per heavy atom. The number of carbonyl (C=O) groups is 2. The molecule has 5 heteroatoms. The van der Waals surface area contributed by atoms with Crippen LogP contribution in [0.4, 0.5) is 0 Å². The van der Waals surface area contributed by atoms with Gasteiger partial charge in [0, 0.05) is 25.9 Å². The van der Waals surface area contributed by atoms with Gasteiger partial charge in [0.1, 0.15) is 11.6 Å². The van der Waals surface area contributed by atoms with Crippen molar-refractivity contribution < 1.29 is 23.8 Å². The van der Waals surface area contributed by atoms with Crippen LogP contribution in [0.1, 0.15) is 47.0 Å². The standard InChI is InChI=1S/C15H28O5/c1-11(2)15(17)10-14(7-6-12(3)16)20-13(4)19-9-8-18-5/h11,13-14H,6-10H2,1-5H3. The molecule has 0 rings (SSSR count). The quantitative estimate of drug-likeness (QED) is 0.407. The predicted molar refractivity (Wildman–Crippen MR) is 76.5 cm³/mol. The van der Waals surface area contributed by atoms with Crippen LogP contribution in [0.25, 0.3) is 0 Å². The van der Waals surface area contributed by atoms with E-state index in [1.54, 1.807) is 21.0 Å². The molecule has 118 valence electrons. The largest absolute Gasteiger partial charge is 0.382 e. The lowest BCUT2D eigenvalue weighted by atomic mass is 10.00. The van der Waals surface area contributed by atoms with E-state index in [2.05, 4.69) is 0 Å². The summed E-state index contributed by atoms with van der Waals surface area (Å²) in [7, 11) is 1.60. The Bertz CT molecular complexity index is 288. The van der Waals surface area contributed by atoms with Gasteiger partial charge in [-0.1, -0.05) is 13.8 Å². The zero-order chi connectivity index (χ0) is 15.5. The molecule has 0 fully saturated rings. The number of hydrogen-bond donors (Lipinski definition) is 0.